The first-order valence-corrected chi connectivity index (χ1v) is 7.48. The van der Waals surface area contributed by atoms with Crippen molar-refractivity contribution in [3.8, 4) is 0 Å². The summed E-state index contributed by atoms with van der Waals surface area (Å²) in [5, 5.41) is 9.05. The Morgan fingerprint density at radius 2 is 2.05 bits per heavy atom. The number of rotatable bonds is 5. The number of hydrogen-bond acceptors (Lipinski definition) is 3. The minimum atomic E-state index is -0.638. The molecule has 0 bridgehead atoms. The van der Waals surface area contributed by atoms with E-state index in [2.05, 4.69) is 16.0 Å². The molecule has 122 valence electrons. The minimum Gasteiger partial charge on any atom is -0.354 e. The first kappa shape index (κ1) is 19.0. The second kappa shape index (κ2) is 8.58. The van der Waals surface area contributed by atoms with E-state index in [1.54, 1.807) is 25.1 Å². The number of amides is 2. The molecule has 0 radical (unpaired) electrons. The van der Waals surface area contributed by atoms with Crippen LogP contribution in [0.2, 0.25) is 10.0 Å². The smallest absolute Gasteiger partial charge is 0.253 e. The molecule has 0 spiro atoms. The summed E-state index contributed by atoms with van der Waals surface area (Å²) >= 11 is 11.8. The Morgan fingerprint density at radius 1 is 1.36 bits per heavy atom. The zero-order valence-electron chi connectivity index (χ0n) is 12.0. The van der Waals surface area contributed by atoms with E-state index in [4.69, 9.17) is 23.2 Å². The third-order valence-electron chi connectivity index (χ3n) is 3.37. The average Bonchev–Trinajstić information content (AvgIpc) is 2.39. The van der Waals surface area contributed by atoms with Crippen LogP contribution in [0.15, 0.2) is 18.2 Å². The predicted octanol–water partition coefficient (Wildman–Crippen LogP) is 1.87. The summed E-state index contributed by atoms with van der Waals surface area (Å²) in [6.07, 6.45) is 0. The van der Waals surface area contributed by atoms with Crippen molar-refractivity contribution in [1.29, 1.82) is 0 Å². The predicted molar refractivity (Wildman–Crippen MR) is 90.0 cm³/mol. The molecule has 3 N–H and O–H groups in total. The van der Waals surface area contributed by atoms with Gasteiger partial charge in [-0.3, -0.25) is 9.59 Å². The van der Waals surface area contributed by atoms with Crippen molar-refractivity contribution >= 4 is 47.4 Å². The van der Waals surface area contributed by atoms with Crippen LogP contribution in [0.3, 0.4) is 0 Å². The van der Waals surface area contributed by atoms with Crippen molar-refractivity contribution < 1.29 is 9.59 Å². The van der Waals surface area contributed by atoms with Crippen molar-refractivity contribution in [2.45, 2.75) is 13.0 Å². The van der Waals surface area contributed by atoms with Gasteiger partial charge >= 0.3 is 0 Å². The van der Waals surface area contributed by atoms with Crippen LogP contribution in [0.25, 0.3) is 0 Å². The van der Waals surface area contributed by atoms with Gasteiger partial charge in [-0.25, -0.2) is 0 Å². The van der Waals surface area contributed by atoms with Gasteiger partial charge in [-0.2, -0.15) is 0 Å². The molecule has 1 aromatic rings. The van der Waals surface area contributed by atoms with Gasteiger partial charge in [0.1, 0.15) is 6.04 Å². The van der Waals surface area contributed by atoms with E-state index in [0.29, 0.717) is 17.5 Å². The van der Waals surface area contributed by atoms with Gasteiger partial charge in [0, 0.05) is 25.6 Å². The molecule has 1 fully saturated rings. The molecule has 2 rings (SSSR count). The third-order valence-corrected chi connectivity index (χ3v) is 4.19. The molecule has 1 unspecified atom stereocenters. The number of halogens is 3. The maximum absolute atomic E-state index is 12.1. The van der Waals surface area contributed by atoms with E-state index in [0.717, 1.165) is 13.1 Å². The van der Waals surface area contributed by atoms with Crippen LogP contribution in [0.1, 0.15) is 17.3 Å². The summed E-state index contributed by atoms with van der Waals surface area (Å²) in [6.45, 7) is 4.08. The molecule has 22 heavy (non-hydrogen) atoms. The van der Waals surface area contributed by atoms with E-state index >= 15 is 0 Å². The van der Waals surface area contributed by atoms with Gasteiger partial charge in [-0.15, -0.1) is 12.4 Å². The molecule has 8 heteroatoms. The maximum Gasteiger partial charge on any atom is 0.253 e. The lowest BCUT2D eigenvalue weighted by Gasteiger charge is -2.27. The fraction of sp³-hybridized carbons (Fsp3) is 0.429. The summed E-state index contributed by atoms with van der Waals surface area (Å²) < 4.78 is 0. The minimum absolute atomic E-state index is 0. The quantitative estimate of drug-likeness (QED) is 0.745. The average molecular weight is 367 g/mol. The molecule has 1 heterocycles. The van der Waals surface area contributed by atoms with Crippen LogP contribution in [0.5, 0.6) is 0 Å². The Hall–Kier alpha value is -1.01. The van der Waals surface area contributed by atoms with Gasteiger partial charge < -0.3 is 16.0 Å². The molecule has 0 aliphatic carbocycles. The Balaban J connectivity index is 0.00000242. The molecule has 1 aliphatic heterocycles. The van der Waals surface area contributed by atoms with Crippen LogP contribution >= 0.6 is 35.6 Å². The lowest BCUT2D eigenvalue weighted by Crippen LogP contribution is -2.51. The molecule has 5 nitrogen and oxygen atoms in total. The van der Waals surface area contributed by atoms with Crippen molar-refractivity contribution in [3.05, 3.63) is 33.8 Å². The first-order valence-electron chi connectivity index (χ1n) is 6.72. The summed E-state index contributed by atoms with van der Waals surface area (Å²) in [6, 6.07) is 4.16. The summed E-state index contributed by atoms with van der Waals surface area (Å²) in [5.74, 6) is -0.164. The summed E-state index contributed by atoms with van der Waals surface area (Å²) in [5.41, 5.74) is 0.256. The van der Waals surface area contributed by atoms with Gasteiger partial charge in [0.05, 0.1) is 15.6 Å². The lowest BCUT2D eigenvalue weighted by molar-refractivity contribution is -0.122. The molecular formula is C14H18Cl3N3O2. The van der Waals surface area contributed by atoms with E-state index in [9.17, 15) is 9.59 Å². The van der Waals surface area contributed by atoms with Crippen molar-refractivity contribution in [2.24, 2.45) is 5.92 Å². The number of carbonyl (C=O) groups is 2. The number of nitrogens with one attached hydrogen (secondary N) is 3. The van der Waals surface area contributed by atoms with Crippen LogP contribution < -0.4 is 16.0 Å². The van der Waals surface area contributed by atoms with Gasteiger partial charge in [0.25, 0.3) is 5.91 Å². The van der Waals surface area contributed by atoms with E-state index < -0.39 is 11.9 Å². The molecular weight excluding hydrogens is 349 g/mol. The molecule has 1 saturated heterocycles. The fourth-order valence-corrected chi connectivity index (χ4v) is 2.30. The van der Waals surface area contributed by atoms with E-state index in [1.165, 1.54) is 0 Å². The van der Waals surface area contributed by atoms with Gasteiger partial charge in [-0.1, -0.05) is 29.3 Å². The lowest BCUT2D eigenvalue weighted by atomic mass is 10.0. The first-order chi connectivity index (χ1) is 9.99. The second-order valence-corrected chi connectivity index (χ2v) is 5.85. The largest absolute Gasteiger partial charge is 0.354 e. The highest BCUT2D eigenvalue weighted by molar-refractivity contribution is 6.43. The van der Waals surface area contributed by atoms with E-state index in [1.807, 2.05) is 0 Å². The van der Waals surface area contributed by atoms with Crippen LogP contribution in [0, 0.1) is 5.92 Å². The van der Waals surface area contributed by atoms with Crippen LogP contribution in [0.4, 0.5) is 0 Å². The van der Waals surface area contributed by atoms with Crippen molar-refractivity contribution in [3.63, 3.8) is 0 Å². The summed E-state index contributed by atoms with van der Waals surface area (Å²) in [4.78, 5) is 24.0. The van der Waals surface area contributed by atoms with Gasteiger partial charge in [-0.05, 0) is 19.1 Å². The highest BCUT2D eigenvalue weighted by atomic mass is 35.5. The molecule has 0 saturated carbocycles. The summed E-state index contributed by atoms with van der Waals surface area (Å²) in [7, 11) is 0. The van der Waals surface area contributed by atoms with Crippen molar-refractivity contribution in [1.82, 2.24) is 16.0 Å². The zero-order valence-corrected chi connectivity index (χ0v) is 14.3. The molecule has 2 amide bonds. The Kier molecular flexibility index (Phi) is 7.42. The van der Waals surface area contributed by atoms with Crippen molar-refractivity contribution in [2.75, 3.05) is 19.6 Å². The highest BCUT2D eigenvalue weighted by Crippen LogP contribution is 2.25. The normalized spacial score (nSPS) is 15.2. The van der Waals surface area contributed by atoms with Gasteiger partial charge in [0.15, 0.2) is 0 Å². The Bertz CT molecular complexity index is 550. The Morgan fingerprint density at radius 3 is 2.64 bits per heavy atom. The maximum atomic E-state index is 12.1. The highest BCUT2D eigenvalue weighted by Gasteiger charge is 2.21. The standard InChI is InChI=1S/C14H17Cl2N3O2.ClH/c1-8(13(20)18-7-9-5-17-6-9)19-14(21)10-3-2-4-11(15)12(10)16;/h2-4,8-9,17H,5-7H2,1H3,(H,18,20)(H,19,21);1H. The van der Waals surface area contributed by atoms with Gasteiger partial charge in [0.2, 0.25) is 5.91 Å². The number of carbonyl (C=O) groups excluding carboxylic acids is 2. The second-order valence-electron chi connectivity index (χ2n) is 5.07. The topological polar surface area (TPSA) is 70.2 Å². The van der Waals surface area contributed by atoms with Crippen LogP contribution in [-0.4, -0.2) is 37.5 Å². The SMILES string of the molecule is CC(NC(=O)c1cccc(Cl)c1Cl)C(=O)NCC1CNC1.Cl. The monoisotopic (exact) mass is 365 g/mol. The Labute approximate surface area is 145 Å². The third kappa shape index (κ3) is 4.74. The number of benzene rings is 1. The molecule has 0 aromatic heterocycles. The fourth-order valence-electron chi connectivity index (χ4n) is 1.91. The van der Waals surface area contributed by atoms with E-state index in [-0.39, 0.29) is 28.9 Å². The van der Waals surface area contributed by atoms with Crippen LogP contribution in [-0.2, 0) is 4.79 Å². The molecule has 1 aliphatic rings. The molecule has 1 atom stereocenters. The number of hydrogen-bond donors (Lipinski definition) is 3. The zero-order chi connectivity index (χ0) is 15.4. The molecule has 1 aromatic carbocycles.